The van der Waals surface area contributed by atoms with Gasteiger partial charge in [-0.15, -0.1) is 0 Å². The molecular formula is C22H19N3O6. The van der Waals surface area contributed by atoms with Crippen molar-refractivity contribution in [3.63, 3.8) is 0 Å². The fraction of sp³-hybridized carbons (Fsp3) is 0.182. The predicted octanol–water partition coefficient (Wildman–Crippen LogP) is 2.78. The van der Waals surface area contributed by atoms with E-state index >= 15 is 0 Å². The lowest BCUT2D eigenvalue weighted by Gasteiger charge is -2.21. The summed E-state index contributed by atoms with van der Waals surface area (Å²) in [6, 6.07) is 13.8. The molecular weight excluding hydrogens is 402 g/mol. The first-order valence-electron chi connectivity index (χ1n) is 9.62. The van der Waals surface area contributed by atoms with Gasteiger partial charge in [0.1, 0.15) is 12.1 Å². The highest BCUT2D eigenvalue weighted by Gasteiger charge is 2.25. The van der Waals surface area contributed by atoms with Crippen LogP contribution in [0.3, 0.4) is 0 Å². The van der Waals surface area contributed by atoms with Gasteiger partial charge in [-0.3, -0.25) is 0 Å². The minimum atomic E-state index is -0.620. The second-order valence-corrected chi connectivity index (χ2v) is 6.67. The summed E-state index contributed by atoms with van der Waals surface area (Å²) in [5.41, 5.74) is 2.11. The van der Waals surface area contributed by atoms with Crippen LogP contribution in [0.5, 0.6) is 0 Å². The third kappa shape index (κ3) is 4.25. The van der Waals surface area contributed by atoms with E-state index in [1.165, 1.54) is 0 Å². The molecule has 0 unspecified atom stereocenters. The van der Waals surface area contributed by atoms with Crippen LogP contribution in [0, 0.1) is 0 Å². The zero-order valence-corrected chi connectivity index (χ0v) is 16.6. The van der Waals surface area contributed by atoms with Gasteiger partial charge in [-0.2, -0.15) is 0 Å². The van der Waals surface area contributed by atoms with E-state index in [1.54, 1.807) is 25.1 Å². The van der Waals surface area contributed by atoms with E-state index in [1.807, 2.05) is 30.3 Å². The highest BCUT2D eigenvalue weighted by Crippen LogP contribution is 2.29. The van der Waals surface area contributed by atoms with Crippen molar-refractivity contribution in [3.05, 3.63) is 65.4 Å². The molecule has 0 aliphatic carbocycles. The Bertz CT molecular complexity index is 1180. The summed E-state index contributed by atoms with van der Waals surface area (Å²) in [7, 11) is 0. The van der Waals surface area contributed by atoms with E-state index in [4.69, 9.17) is 14.0 Å². The quantitative estimate of drug-likeness (QED) is 0.587. The monoisotopic (exact) mass is 421 g/mol. The Labute approximate surface area is 177 Å². The van der Waals surface area contributed by atoms with Crippen molar-refractivity contribution in [3.8, 4) is 11.3 Å². The number of hydrogen-bond acceptors (Lipinski definition) is 7. The van der Waals surface area contributed by atoms with E-state index < -0.39 is 18.0 Å². The number of nitrogens with one attached hydrogen (secondary N) is 2. The molecule has 0 bridgehead atoms. The van der Waals surface area contributed by atoms with E-state index in [9.17, 15) is 14.4 Å². The molecule has 0 radical (unpaired) electrons. The Balaban J connectivity index is 1.55. The Morgan fingerprint density at radius 1 is 1.10 bits per heavy atom. The third-order valence-electron chi connectivity index (χ3n) is 4.67. The van der Waals surface area contributed by atoms with Crippen LogP contribution in [0.25, 0.3) is 22.2 Å². The molecule has 0 spiro atoms. The maximum absolute atomic E-state index is 12.6. The minimum absolute atomic E-state index is 0.00929. The summed E-state index contributed by atoms with van der Waals surface area (Å²) in [4.78, 5) is 36.4. The summed E-state index contributed by atoms with van der Waals surface area (Å²) >= 11 is 0. The second kappa shape index (κ2) is 8.70. The SMILES string of the molecule is CCOC(=O)C1=C(COC(=O)c2ccc3noc(-c4ccccc4)c3c2)NC(=O)NC1. The average Bonchev–Trinajstić information content (AvgIpc) is 3.21. The predicted molar refractivity (Wildman–Crippen MR) is 110 cm³/mol. The van der Waals surface area contributed by atoms with Gasteiger partial charge in [0, 0.05) is 5.56 Å². The van der Waals surface area contributed by atoms with Crippen molar-refractivity contribution >= 4 is 28.9 Å². The molecule has 2 amide bonds. The van der Waals surface area contributed by atoms with Gasteiger partial charge in [0.25, 0.3) is 0 Å². The van der Waals surface area contributed by atoms with E-state index in [2.05, 4.69) is 15.8 Å². The van der Waals surface area contributed by atoms with Crippen molar-refractivity contribution in [1.82, 2.24) is 15.8 Å². The molecule has 0 fully saturated rings. The summed E-state index contributed by atoms with van der Waals surface area (Å²) < 4.78 is 15.8. The van der Waals surface area contributed by atoms with Gasteiger partial charge in [0.15, 0.2) is 5.76 Å². The standard InChI is InChI=1S/C22H19N3O6/c1-2-29-21(27)16-11-23-22(28)24-18(16)12-30-20(26)14-8-9-17-15(10-14)19(31-25-17)13-6-4-3-5-7-13/h3-10H,2,11-12H2,1H3,(H2,23,24,28). The van der Waals surface area contributed by atoms with E-state index in [0.717, 1.165) is 5.56 Å². The van der Waals surface area contributed by atoms with Crippen LogP contribution >= 0.6 is 0 Å². The van der Waals surface area contributed by atoms with Crippen molar-refractivity contribution in [2.45, 2.75) is 6.92 Å². The molecule has 1 aliphatic heterocycles. The molecule has 3 aromatic rings. The minimum Gasteiger partial charge on any atom is -0.463 e. The molecule has 1 aliphatic rings. The van der Waals surface area contributed by atoms with Gasteiger partial charge in [-0.1, -0.05) is 35.5 Å². The summed E-state index contributed by atoms with van der Waals surface area (Å²) in [6.45, 7) is 1.57. The first-order valence-corrected chi connectivity index (χ1v) is 9.62. The largest absolute Gasteiger partial charge is 0.463 e. The lowest BCUT2D eigenvalue weighted by Crippen LogP contribution is -2.45. The zero-order chi connectivity index (χ0) is 21.8. The number of hydrogen-bond donors (Lipinski definition) is 2. The van der Waals surface area contributed by atoms with Gasteiger partial charge >= 0.3 is 18.0 Å². The normalized spacial score (nSPS) is 13.5. The fourth-order valence-electron chi connectivity index (χ4n) is 3.16. The number of aromatic nitrogens is 1. The average molecular weight is 421 g/mol. The number of carbonyl (C=O) groups excluding carboxylic acids is 3. The molecule has 0 saturated carbocycles. The van der Waals surface area contributed by atoms with Crippen LogP contribution in [-0.2, 0) is 14.3 Å². The van der Waals surface area contributed by atoms with Crippen LogP contribution in [-0.4, -0.2) is 42.9 Å². The molecule has 158 valence electrons. The molecule has 4 rings (SSSR count). The van der Waals surface area contributed by atoms with Gasteiger partial charge in [0.05, 0.1) is 35.4 Å². The second-order valence-electron chi connectivity index (χ2n) is 6.67. The number of fused-ring (bicyclic) bond motifs is 1. The Kier molecular flexibility index (Phi) is 5.65. The fourth-order valence-corrected chi connectivity index (χ4v) is 3.16. The number of benzene rings is 2. The topological polar surface area (TPSA) is 120 Å². The van der Waals surface area contributed by atoms with Gasteiger partial charge in [-0.05, 0) is 25.1 Å². The number of ether oxygens (including phenoxy) is 2. The Morgan fingerprint density at radius 3 is 2.68 bits per heavy atom. The number of urea groups is 1. The van der Waals surface area contributed by atoms with Crippen LogP contribution < -0.4 is 10.6 Å². The number of esters is 2. The molecule has 0 atom stereocenters. The summed E-state index contributed by atoms with van der Waals surface area (Å²) in [5.74, 6) is -0.659. The smallest absolute Gasteiger partial charge is 0.338 e. The maximum atomic E-state index is 12.6. The van der Waals surface area contributed by atoms with Crippen molar-refractivity contribution in [2.75, 3.05) is 19.8 Å². The maximum Gasteiger partial charge on any atom is 0.338 e. The van der Waals surface area contributed by atoms with Crippen LogP contribution in [0.4, 0.5) is 4.79 Å². The molecule has 9 nitrogen and oxygen atoms in total. The van der Waals surface area contributed by atoms with Gasteiger partial charge < -0.3 is 24.6 Å². The van der Waals surface area contributed by atoms with Crippen LogP contribution in [0.15, 0.2) is 64.3 Å². The first-order chi connectivity index (χ1) is 15.1. The lowest BCUT2D eigenvalue weighted by atomic mass is 10.1. The Hall–Kier alpha value is -4.14. The lowest BCUT2D eigenvalue weighted by molar-refractivity contribution is -0.138. The molecule has 2 N–H and O–H groups in total. The first kappa shape index (κ1) is 20.1. The van der Waals surface area contributed by atoms with Gasteiger partial charge in [0.2, 0.25) is 0 Å². The number of amides is 2. The van der Waals surface area contributed by atoms with Crippen LogP contribution in [0.1, 0.15) is 17.3 Å². The highest BCUT2D eigenvalue weighted by molar-refractivity contribution is 5.99. The Morgan fingerprint density at radius 2 is 1.90 bits per heavy atom. The zero-order valence-electron chi connectivity index (χ0n) is 16.6. The highest BCUT2D eigenvalue weighted by atomic mass is 16.5. The van der Waals surface area contributed by atoms with Crippen molar-refractivity contribution < 1.29 is 28.4 Å². The number of nitrogens with zero attached hydrogens (tertiary/aromatic N) is 1. The molecule has 1 aromatic heterocycles. The molecule has 2 aromatic carbocycles. The van der Waals surface area contributed by atoms with E-state index in [-0.39, 0.29) is 36.6 Å². The number of carbonyl (C=O) groups is 3. The van der Waals surface area contributed by atoms with Crippen LogP contribution in [0.2, 0.25) is 0 Å². The summed E-state index contributed by atoms with van der Waals surface area (Å²) in [5, 5.41) is 9.69. The molecule has 9 heteroatoms. The molecule has 31 heavy (non-hydrogen) atoms. The summed E-state index contributed by atoms with van der Waals surface area (Å²) in [6.07, 6.45) is 0. The third-order valence-corrected chi connectivity index (χ3v) is 4.67. The van der Waals surface area contributed by atoms with E-state index in [0.29, 0.717) is 16.7 Å². The van der Waals surface area contributed by atoms with Gasteiger partial charge in [-0.25, -0.2) is 14.4 Å². The van der Waals surface area contributed by atoms with Crippen molar-refractivity contribution in [1.29, 1.82) is 0 Å². The molecule has 2 heterocycles. The molecule has 0 saturated heterocycles. The van der Waals surface area contributed by atoms with Crippen molar-refractivity contribution in [2.24, 2.45) is 0 Å². The number of rotatable bonds is 6.